The lowest BCUT2D eigenvalue weighted by Crippen LogP contribution is -2.15. The SMILES string of the molecule is C/C(=C\c1csc(C)n1)C(O)CC(=O)CF. The molecule has 0 aliphatic heterocycles. The van der Waals surface area contributed by atoms with Crippen LogP contribution in [-0.4, -0.2) is 28.7 Å². The molecule has 0 bridgehead atoms. The Hall–Kier alpha value is -1.07. The van der Waals surface area contributed by atoms with E-state index in [1.165, 1.54) is 11.3 Å². The summed E-state index contributed by atoms with van der Waals surface area (Å²) >= 11 is 1.51. The van der Waals surface area contributed by atoms with Gasteiger partial charge in [-0.05, 0) is 25.5 Å². The summed E-state index contributed by atoms with van der Waals surface area (Å²) < 4.78 is 11.9. The van der Waals surface area contributed by atoms with Crippen molar-refractivity contribution in [2.75, 3.05) is 6.67 Å². The molecule has 88 valence electrons. The lowest BCUT2D eigenvalue weighted by molar-refractivity contribution is -0.121. The molecule has 0 saturated heterocycles. The fourth-order valence-electron chi connectivity index (χ4n) is 1.21. The van der Waals surface area contributed by atoms with Crippen molar-refractivity contribution in [2.24, 2.45) is 0 Å². The van der Waals surface area contributed by atoms with E-state index in [1.54, 1.807) is 13.0 Å². The number of aryl methyl sites for hydroxylation is 1. The van der Waals surface area contributed by atoms with Gasteiger partial charge in [0.05, 0.1) is 16.8 Å². The maximum atomic E-state index is 11.9. The molecule has 5 heteroatoms. The normalized spacial score (nSPS) is 13.9. The lowest BCUT2D eigenvalue weighted by Gasteiger charge is -2.08. The second kappa shape index (κ2) is 5.86. The van der Waals surface area contributed by atoms with E-state index in [2.05, 4.69) is 4.98 Å². The summed E-state index contributed by atoms with van der Waals surface area (Å²) in [6, 6.07) is 0. The molecule has 16 heavy (non-hydrogen) atoms. The van der Waals surface area contributed by atoms with Crippen molar-refractivity contribution >= 4 is 23.2 Å². The molecule has 1 unspecified atom stereocenters. The second-order valence-corrected chi connectivity index (χ2v) is 4.63. The zero-order valence-electron chi connectivity index (χ0n) is 9.24. The number of rotatable bonds is 5. The summed E-state index contributed by atoms with van der Waals surface area (Å²) in [6.45, 7) is 2.56. The second-order valence-electron chi connectivity index (χ2n) is 3.57. The van der Waals surface area contributed by atoms with E-state index in [4.69, 9.17) is 0 Å². The van der Waals surface area contributed by atoms with Gasteiger partial charge < -0.3 is 5.11 Å². The molecule has 1 heterocycles. The Kier molecular flexibility index (Phi) is 4.76. The van der Waals surface area contributed by atoms with Crippen LogP contribution in [-0.2, 0) is 4.79 Å². The van der Waals surface area contributed by atoms with Gasteiger partial charge in [-0.1, -0.05) is 0 Å². The topological polar surface area (TPSA) is 50.2 Å². The third-order valence-electron chi connectivity index (χ3n) is 2.11. The van der Waals surface area contributed by atoms with Gasteiger partial charge in [0.2, 0.25) is 0 Å². The Bertz CT molecular complexity index is 400. The van der Waals surface area contributed by atoms with Crippen molar-refractivity contribution in [3.63, 3.8) is 0 Å². The molecule has 0 aromatic carbocycles. The van der Waals surface area contributed by atoms with Gasteiger partial charge in [-0.3, -0.25) is 4.79 Å². The van der Waals surface area contributed by atoms with E-state index >= 15 is 0 Å². The van der Waals surface area contributed by atoms with Crippen LogP contribution in [0.1, 0.15) is 24.0 Å². The summed E-state index contributed by atoms with van der Waals surface area (Å²) in [5, 5.41) is 12.4. The van der Waals surface area contributed by atoms with Crippen molar-refractivity contribution in [2.45, 2.75) is 26.4 Å². The Morgan fingerprint density at radius 1 is 1.75 bits per heavy atom. The van der Waals surface area contributed by atoms with Gasteiger partial charge in [0, 0.05) is 11.8 Å². The number of Topliss-reactive ketones (excluding diaryl/α,β-unsaturated/α-hetero) is 1. The number of thiazole rings is 1. The van der Waals surface area contributed by atoms with Crippen LogP contribution >= 0.6 is 11.3 Å². The highest BCUT2D eigenvalue weighted by molar-refractivity contribution is 7.09. The largest absolute Gasteiger partial charge is 0.388 e. The van der Waals surface area contributed by atoms with Gasteiger partial charge in [-0.15, -0.1) is 11.3 Å². The summed E-state index contributed by atoms with van der Waals surface area (Å²) in [5.41, 5.74) is 1.37. The zero-order valence-corrected chi connectivity index (χ0v) is 10.1. The first kappa shape index (κ1) is 13.0. The van der Waals surface area contributed by atoms with Gasteiger partial charge >= 0.3 is 0 Å². The van der Waals surface area contributed by atoms with E-state index in [9.17, 15) is 14.3 Å². The molecule has 1 N–H and O–H groups in total. The standard InChI is InChI=1S/C11H14FNO2S/c1-7(11(15)4-10(14)5-12)3-9-6-16-8(2)13-9/h3,6,11,15H,4-5H2,1-2H3/b7-3+. The fraction of sp³-hybridized carbons (Fsp3) is 0.455. The smallest absolute Gasteiger partial charge is 0.166 e. The highest BCUT2D eigenvalue weighted by Gasteiger charge is 2.12. The van der Waals surface area contributed by atoms with Gasteiger partial charge in [0.1, 0.15) is 6.67 Å². The third kappa shape index (κ3) is 3.83. The highest BCUT2D eigenvalue weighted by Crippen LogP contribution is 2.14. The van der Waals surface area contributed by atoms with Crippen LogP contribution < -0.4 is 0 Å². The average Bonchev–Trinajstić information content (AvgIpc) is 2.63. The highest BCUT2D eigenvalue weighted by atomic mass is 32.1. The predicted molar refractivity (Wildman–Crippen MR) is 62.1 cm³/mol. The first-order valence-electron chi connectivity index (χ1n) is 4.89. The fourth-order valence-corrected chi connectivity index (χ4v) is 1.78. The Morgan fingerprint density at radius 2 is 2.44 bits per heavy atom. The Morgan fingerprint density at radius 3 is 2.94 bits per heavy atom. The Balaban J connectivity index is 2.66. The number of aliphatic hydroxyl groups excluding tert-OH is 1. The van der Waals surface area contributed by atoms with Crippen molar-refractivity contribution in [1.29, 1.82) is 0 Å². The molecule has 3 nitrogen and oxygen atoms in total. The number of aromatic nitrogens is 1. The molecule has 1 aromatic rings. The van der Waals surface area contributed by atoms with Crippen LogP contribution in [0, 0.1) is 6.92 Å². The van der Waals surface area contributed by atoms with E-state index in [0.717, 1.165) is 10.7 Å². The molecule has 0 radical (unpaired) electrons. The van der Waals surface area contributed by atoms with Crippen molar-refractivity contribution < 1.29 is 14.3 Å². The van der Waals surface area contributed by atoms with E-state index in [-0.39, 0.29) is 6.42 Å². The number of ketones is 1. The zero-order chi connectivity index (χ0) is 12.1. The van der Waals surface area contributed by atoms with Crippen LogP contribution in [0.25, 0.3) is 6.08 Å². The van der Waals surface area contributed by atoms with Gasteiger partial charge in [0.25, 0.3) is 0 Å². The van der Waals surface area contributed by atoms with Crippen LogP contribution in [0.15, 0.2) is 11.0 Å². The van der Waals surface area contributed by atoms with Crippen molar-refractivity contribution in [3.8, 4) is 0 Å². The molecule has 1 rings (SSSR count). The maximum Gasteiger partial charge on any atom is 0.166 e. The van der Waals surface area contributed by atoms with Crippen molar-refractivity contribution in [3.05, 3.63) is 21.7 Å². The van der Waals surface area contributed by atoms with Gasteiger partial charge in [-0.2, -0.15) is 0 Å². The molecule has 0 aliphatic carbocycles. The molecule has 0 aliphatic rings. The minimum atomic E-state index is -1.03. The van der Waals surface area contributed by atoms with Crippen molar-refractivity contribution in [1.82, 2.24) is 4.98 Å². The number of aliphatic hydroxyl groups is 1. The van der Waals surface area contributed by atoms with E-state index < -0.39 is 18.6 Å². The molecule has 0 fully saturated rings. The minimum absolute atomic E-state index is 0.179. The third-order valence-corrected chi connectivity index (χ3v) is 2.90. The first-order valence-corrected chi connectivity index (χ1v) is 5.77. The maximum absolute atomic E-state index is 11.9. The number of nitrogens with zero attached hydrogens (tertiary/aromatic N) is 1. The quantitative estimate of drug-likeness (QED) is 0.862. The monoisotopic (exact) mass is 243 g/mol. The minimum Gasteiger partial charge on any atom is -0.388 e. The van der Waals surface area contributed by atoms with E-state index in [0.29, 0.717) is 5.57 Å². The average molecular weight is 243 g/mol. The number of carbonyl (C=O) groups is 1. The Labute approximate surface area is 97.6 Å². The molecule has 0 saturated carbocycles. The number of carbonyl (C=O) groups excluding carboxylic acids is 1. The molecule has 0 amide bonds. The number of hydrogen-bond donors (Lipinski definition) is 1. The summed E-state index contributed by atoms with van der Waals surface area (Å²) in [7, 11) is 0. The number of alkyl halides is 1. The number of hydrogen-bond acceptors (Lipinski definition) is 4. The van der Waals surface area contributed by atoms with Crippen LogP contribution in [0.5, 0.6) is 0 Å². The molecule has 1 atom stereocenters. The molecular formula is C11H14FNO2S. The summed E-state index contributed by atoms with van der Waals surface area (Å²) in [4.78, 5) is 15.0. The van der Waals surface area contributed by atoms with Crippen LogP contribution in [0.2, 0.25) is 0 Å². The summed E-state index contributed by atoms with van der Waals surface area (Å²) in [5.74, 6) is -0.588. The van der Waals surface area contributed by atoms with Gasteiger partial charge in [-0.25, -0.2) is 9.37 Å². The molecular weight excluding hydrogens is 229 g/mol. The van der Waals surface area contributed by atoms with Gasteiger partial charge in [0.15, 0.2) is 5.78 Å². The van der Waals surface area contributed by atoms with Crippen LogP contribution in [0.4, 0.5) is 4.39 Å². The van der Waals surface area contributed by atoms with Crippen LogP contribution in [0.3, 0.4) is 0 Å². The molecule has 1 aromatic heterocycles. The first-order chi connectivity index (χ1) is 7.52. The summed E-state index contributed by atoms with van der Waals surface area (Å²) in [6.07, 6.45) is 0.604. The van der Waals surface area contributed by atoms with E-state index in [1.807, 2.05) is 12.3 Å². The number of halogens is 1. The lowest BCUT2D eigenvalue weighted by atomic mass is 10.1. The predicted octanol–water partition coefficient (Wildman–Crippen LogP) is 2.14. The molecule has 0 spiro atoms.